The highest BCUT2D eigenvalue weighted by molar-refractivity contribution is 5.94. The molecule has 1 aromatic carbocycles. The van der Waals surface area contributed by atoms with Gasteiger partial charge in [0.1, 0.15) is 0 Å². The van der Waals surface area contributed by atoms with Crippen molar-refractivity contribution in [3.8, 4) is 0 Å². The van der Waals surface area contributed by atoms with Crippen LogP contribution in [0.15, 0.2) is 37.0 Å². The van der Waals surface area contributed by atoms with Gasteiger partial charge in [0.15, 0.2) is 0 Å². The van der Waals surface area contributed by atoms with Gasteiger partial charge in [-0.1, -0.05) is 30.4 Å². The van der Waals surface area contributed by atoms with Gasteiger partial charge in [-0.05, 0) is 30.9 Å². The summed E-state index contributed by atoms with van der Waals surface area (Å²) in [5.41, 5.74) is 3.36. The van der Waals surface area contributed by atoms with Crippen molar-refractivity contribution in [2.45, 2.75) is 13.8 Å². The summed E-state index contributed by atoms with van der Waals surface area (Å²) in [7, 11) is 0. The molecule has 0 aliphatic rings. The van der Waals surface area contributed by atoms with Crippen molar-refractivity contribution in [1.82, 2.24) is 4.98 Å². The SMILES string of the molecule is C=C(C)c1cccc2ccnc(C)c12. The molecule has 0 unspecified atom stereocenters. The average molecular weight is 183 g/mol. The van der Waals surface area contributed by atoms with E-state index in [1.165, 1.54) is 16.3 Å². The third kappa shape index (κ3) is 1.31. The number of nitrogens with zero attached hydrogens (tertiary/aromatic N) is 1. The fraction of sp³-hybridized carbons (Fsp3) is 0.154. The monoisotopic (exact) mass is 183 g/mol. The van der Waals surface area contributed by atoms with Crippen LogP contribution in [0.1, 0.15) is 18.2 Å². The first-order valence-corrected chi connectivity index (χ1v) is 4.70. The molecular formula is C13H13N. The van der Waals surface area contributed by atoms with Gasteiger partial charge in [0.25, 0.3) is 0 Å². The molecule has 0 aliphatic carbocycles. The lowest BCUT2D eigenvalue weighted by Gasteiger charge is -2.07. The first kappa shape index (κ1) is 8.95. The van der Waals surface area contributed by atoms with Gasteiger partial charge in [0, 0.05) is 17.3 Å². The highest BCUT2D eigenvalue weighted by Crippen LogP contribution is 2.25. The molecule has 0 N–H and O–H groups in total. The molecule has 0 spiro atoms. The Kier molecular flexibility index (Phi) is 2.08. The Bertz CT molecular complexity index is 492. The number of hydrogen-bond donors (Lipinski definition) is 0. The van der Waals surface area contributed by atoms with Gasteiger partial charge in [-0.15, -0.1) is 0 Å². The minimum atomic E-state index is 1.07. The summed E-state index contributed by atoms with van der Waals surface area (Å²) >= 11 is 0. The molecular weight excluding hydrogens is 170 g/mol. The molecule has 0 fully saturated rings. The number of aryl methyl sites for hydroxylation is 1. The molecule has 2 aromatic rings. The first-order chi connectivity index (χ1) is 6.70. The van der Waals surface area contributed by atoms with E-state index in [1.54, 1.807) is 0 Å². The van der Waals surface area contributed by atoms with Crippen molar-refractivity contribution in [2.24, 2.45) is 0 Å². The molecule has 0 radical (unpaired) electrons. The van der Waals surface area contributed by atoms with Gasteiger partial charge >= 0.3 is 0 Å². The van der Waals surface area contributed by atoms with Crippen LogP contribution in [0.4, 0.5) is 0 Å². The van der Waals surface area contributed by atoms with Crippen LogP contribution in [0.25, 0.3) is 16.3 Å². The van der Waals surface area contributed by atoms with Gasteiger partial charge in [-0.25, -0.2) is 0 Å². The van der Waals surface area contributed by atoms with Crippen molar-refractivity contribution in [1.29, 1.82) is 0 Å². The minimum Gasteiger partial charge on any atom is -0.261 e. The van der Waals surface area contributed by atoms with Crippen LogP contribution in [0, 0.1) is 6.92 Å². The lowest BCUT2D eigenvalue weighted by Crippen LogP contribution is -1.88. The van der Waals surface area contributed by atoms with Crippen molar-refractivity contribution < 1.29 is 0 Å². The Morgan fingerprint density at radius 3 is 2.79 bits per heavy atom. The molecule has 0 bridgehead atoms. The maximum atomic E-state index is 4.31. The lowest BCUT2D eigenvalue weighted by molar-refractivity contribution is 1.23. The number of allylic oxidation sites excluding steroid dienone is 1. The third-order valence-electron chi connectivity index (χ3n) is 2.44. The molecule has 0 saturated carbocycles. The molecule has 14 heavy (non-hydrogen) atoms. The molecule has 0 amide bonds. The molecule has 0 saturated heterocycles. The van der Waals surface area contributed by atoms with E-state index in [-0.39, 0.29) is 0 Å². The molecule has 70 valence electrons. The Morgan fingerprint density at radius 2 is 2.07 bits per heavy atom. The highest BCUT2D eigenvalue weighted by Gasteiger charge is 2.03. The largest absolute Gasteiger partial charge is 0.261 e. The van der Waals surface area contributed by atoms with Crippen molar-refractivity contribution in [3.05, 3.63) is 48.3 Å². The average Bonchev–Trinajstić information content (AvgIpc) is 2.17. The van der Waals surface area contributed by atoms with E-state index in [1.807, 2.05) is 26.1 Å². The summed E-state index contributed by atoms with van der Waals surface area (Å²) < 4.78 is 0. The number of benzene rings is 1. The maximum Gasteiger partial charge on any atom is 0.0457 e. The Hall–Kier alpha value is -1.63. The molecule has 0 atom stereocenters. The van der Waals surface area contributed by atoms with Gasteiger partial charge in [-0.2, -0.15) is 0 Å². The molecule has 1 nitrogen and oxygen atoms in total. The van der Waals surface area contributed by atoms with Crippen molar-refractivity contribution >= 4 is 16.3 Å². The maximum absolute atomic E-state index is 4.31. The standard InChI is InChI=1S/C13H13N/c1-9(2)12-6-4-5-11-7-8-14-10(3)13(11)12/h4-8H,1H2,2-3H3. The smallest absolute Gasteiger partial charge is 0.0457 e. The lowest BCUT2D eigenvalue weighted by atomic mass is 10.00. The molecule has 1 heteroatoms. The van der Waals surface area contributed by atoms with E-state index in [0.717, 1.165) is 11.3 Å². The summed E-state index contributed by atoms with van der Waals surface area (Å²) in [6.07, 6.45) is 1.85. The second-order valence-corrected chi connectivity index (χ2v) is 3.58. The van der Waals surface area contributed by atoms with Crippen LogP contribution in [-0.2, 0) is 0 Å². The van der Waals surface area contributed by atoms with Crippen LogP contribution >= 0.6 is 0 Å². The zero-order chi connectivity index (χ0) is 10.1. The summed E-state index contributed by atoms with van der Waals surface area (Å²) in [5, 5.41) is 2.46. The molecule has 1 heterocycles. The topological polar surface area (TPSA) is 12.9 Å². The number of rotatable bonds is 1. The van der Waals surface area contributed by atoms with Crippen LogP contribution in [0.2, 0.25) is 0 Å². The molecule has 2 rings (SSSR count). The first-order valence-electron chi connectivity index (χ1n) is 4.70. The summed E-state index contributed by atoms with van der Waals surface area (Å²) in [4.78, 5) is 4.31. The Morgan fingerprint density at radius 1 is 1.29 bits per heavy atom. The van der Waals surface area contributed by atoms with Gasteiger partial charge in [0.05, 0.1) is 0 Å². The zero-order valence-electron chi connectivity index (χ0n) is 8.54. The second kappa shape index (κ2) is 3.26. The summed E-state index contributed by atoms with van der Waals surface area (Å²) in [5.74, 6) is 0. The van der Waals surface area contributed by atoms with E-state index in [2.05, 4.69) is 29.8 Å². The van der Waals surface area contributed by atoms with Crippen LogP contribution < -0.4 is 0 Å². The fourth-order valence-electron chi connectivity index (χ4n) is 1.76. The Labute approximate surface area is 84.1 Å². The number of aromatic nitrogens is 1. The van der Waals surface area contributed by atoms with Crippen molar-refractivity contribution in [2.75, 3.05) is 0 Å². The van der Waals surface area contributed by atoms with Gasteiger partial charge in [0.2, 0.25) is 0 Å². The predicted molar refractivity (Wildman–Crippen MR) is 61.2 cm³/mol. The molecule has 0 aliphatic heterocycles. The predicted octanol–water partition coefficient (Wildman–Crippen LogP) is 3.58. The summed E-state index contributed by atoms with van der Waals surface area (Å²) in [6, 6.07) is 8.30. The Balaban J connectivity index is 2.91. The van der Waals surface area contributed by atoms with E-state index < -0.39 is 0 Å². The van der Waals surface area contributed by atoms with E-state index in [0.29, 0.717) is 0 Å². The van der Waals surface area contributed by atoms with E-state index in [4.69, 9.17) is 0 Å². The van der Waals surface area contributed by atoms with E-state index in [9.17, 15) is 0 Å². The van der Waals surface area contributed by atoms with Crippen LogP contribution in [0.5, 0.6) is 0 Å². The van der Waals surface area contributed by atoms with Gasteiger partial charge in [-0.3, -0.25) is 4.98 Å². The van der Waals surface area contributed by atoms with Crippen LogP contribution in [-0.4, -0.2) is 4.98 Å². The summed E-state index contributed by atoms with van der Waals surface area (Å²) in [6.45, 7) is 8.05. The molecule has 1 aromatic heterocycles. The minimum absolute atomic E-state index is 1.07. The van der Waals surface area contributed by atoms with Gasteiger partial charge < -0.3 is 0 Å². The normalized spacial score (nSPS) is 10.4. The third-order valence-corrected chi connectivity index (χ3v) is 2.44. The zero-order valence-corrected chi connectivity index (χ0v) is 8.54. The number of hydrogen-bond acceptors (Lipinski definition) is 1. The number of pyridine rings is 1. The number of fused-ring (bicyclic) bond motifs is 1. The second-order valence-electron chi connectivity index (χ2n) is 3.58. The van der Waals surface area contributed by atoms with Crippen LogP contribution in [0.3, 0.4) is 0 Å². The van der Waals surface area contributed by atoms with Crippen molar-refractivity contribution in [3.63, 3.8) is 0 Å². The highest BCUT2D eigenvalue weighted by atomic mass is 14.7. The van der Waals surface area contributed by atoms with E-state index >= 15 is 0 Å². The quantitative estimate of drug-likeness (QED) is 0.658. The fourth-order valence-corrected chi connectivity index (χ4v) is 1.76.